The zero-order valence-corrected chi connectivity index (χ0v) is 19.9. The van der Waals surface area contributed by atoms with Crippen LogP contribution in [0.25, 0.3) is 0 Å². The van der Waals surface area contributed by atoms with Crippen LogP contribution in [0.4, 0.5) is 0 Å². The number of hydrogen-bond donors (Lipinski definition) is 1. The molecular weight excluding hydrogens is 424 g/mol. The molecule has 0 fully saturated rings. The highest BCUT2D eigenvalue weighted by Gasteiger charge is 2.20. The smallest absolute Gasteiger partial charge is 0.161 e. The monoisotopic (exact) mass is 460 g/mol. The lowest BCUT2D eigenvalue weighted by molar-refractivity contribution is -0.117. The van der Waals surface area contributed by atoms with Crippen LogP contribution in [0.3, 0.4) is 0 Å². The molecule has 0 radical (unpaired) electrons. The highest BCUT2D eigenvalue weighted by molar-refractivity contribution is 5.96. The molecule has 0 unspecified atom stereocenters. The number of aliphatic hydroxyl groups excluding tert-OH is 1. The summed E-state index contributed by atoms with van der Waals surface area (Å²) in [6.45, 7) is 0. The summed E-state index contributed by atoms with van der Waals surface area (Å²) >= 11 is 0. The quantitative estimate of drug-likeness (QED) is 0.532. The Morgan fingerprint density at radius 3 is 1.94 bits per heavy atom. The number of hydrogen-bond acceptors (Lipinski definition) is 4. The van der Waals surface area contributed by atoms with Crippen LogP contribution in [0.1, 0.15) is 62.5 Å². The van der Waals surface area contributed by atoms with Gasteiger partial charge in [-0.05, 0) is 62.1 Å². The van der Waals surface area contributed by atoms with E-state index in [4.69, 9.17) is 0 Å². The van der Waals surface area contributed by atoms with E-state index < -0.39 is 6.10 Å². The maximum absolute atomic E-state index is 11.6. The number of aryl methyl sites for hydroxylation is 2. The number of ketones is 2. The van der Waals surface area contributed by atoms with Gasteiger partial charge < -0.3 is 9.90 Å². The number of carbonyl (C=O) groups is 3. The second kappa shape index (κ2) is 16.5. The van der Waals surface area contributed by atoms with E-state index >= 15 is 0 Å². The SMILES string of the molecule is O=C1C=CCCC1.O=C1CCCC=C1[C@H](O)CCc1ccccc1.O=CCCc1ccccc1. The summed E-state index contributed by atoms with van der Waals surface area (Å²) in [7, 11) is 0. The van der Waals surface area contributed by atoms with Gasteiger partial charge in [0.2, 0.25) is 0 Å². The Balaban J connectivity index is 0.000000202. The zero-order chi connectivity index (χ0) is 24.4. The lowest BCUT2D eigenvalue weighted by Gasteiger charge is -2.17. The molecule has 2 aromatic carbocycles. The highest BCUT2D eigenvalue weighted by Crippen LogP contribution is 2.20. The second-order valence-electron chi connectivity index (χ2n) is 8.47. The van der Waals surface area contributed by atoms with Gasteiger partial charge >= 0.3 is 0 Å². The van der Waals surface area contributed by atoms with Crippen LogP contribution in [0.2, 0.25) is 0 Å². The Bertz CT molecular complexity index is 929. The molecule has 0 saturated heterocycles. The van der Waals surface area contributed by atoms with Gasteiger partial charge in [-0.1, -0.05) is 72.8 Å². The Morgan fingerprint density at radius 2 is 1.44 bits per heavy atom. The van der Waals surface area contributed by atoms with Crippen molar-refractivity contribution < 1.29 is 19.5 Å². The predicted molar refractivity (Wildman–Crippen MR) is 137 cm³/mol. The van der Waals surface area contributed by atoms with E-state index in [9.17, 15) is 19.5 Å². The molecule has 0 bridgehead atoms. The van der Waals surface area contributed by atoms with Crippen LogP contribution in [0.5, 0.6) is 0 Å². The van der Waals surface area contributed by atoms with Crippen molar-refractivity contribution in [2.45, 2.75) is 70.3 Å². The first-order valence-corrected chi connectivity index (χ1v) is 12.2. The normalized spacial score (nSPS) is 15.7. The summed E-state index contributed by atoms with van der Waals surface area (Å²) in [5.74, 6) is 0.406. The predicted octanol–water partition coefficient (Wildman–Crippen LogP) is 5.77. The number of benzene rings is 2. The van der Waals surface area contributed by atoms with Gasteiger partial charge in [-0.2, -0.15) is 0 Å². The minimum atomic E-state index is -0.594. The van der Waals surface area contributed by atoms with Crippen LogP contribution in [0.15, 0.2) is 84.5 Å². The minimum Gasteiger partial charge on any atom is -0.388 e. The summed E-state index contributed by atoms with van der Waals surface area (Å²) in [6, 6.07) is 20.1. The molecule has 0 spiro atoms. The third-order valence-corrected chi connectivity index (χ3v) is 5.69. The van der Waals surface area contributed by atoms with Gasteiger partial charge in [0, 0.05) is 24.8 Å². The Hall–Kier alpha value is -3.11. The topological polar surface area (TPSA) is 71.4 Å². The molecule has 180 valence electrons. The third kappa shape index (κ3) is 11.2. The first-order valence-electron chi connectivity index (χ1n) is 12.2. The molecule has 4 nitrogen and oxygen atoms in total. The first kappa shape index (κ1) is 27.1. The minimum absolute atomic E-state index is 0.122. The van der Waals surface area contributed by atoms with E-state index in [0.29, 0.717) is 24.8 Å². The van der Waals surface area contributed by atoms with Crippen molar-refractivity contribution in [1.29, 1.82) is 0 Å². The zero-order valence-electron chi connectivity index (χ0n) is 19.9. The van der Waals surface area contributed by atoms with Gasteiger partial charge in [0.1, 0.15) is 6.29 Å². The van der Waals surface area contributed by atoms with Crippen molar-refractivity contribution in [2.75, 3.05) is 0 Å². The molecule has 0 aliphatic heterocycles. The Morgan fingerprint density at radius 1 is 0.824 bits per heavy atom. The van der Waals surface area contributed by atoms with E-state index in [-0.39, 0.29) is 11.6 Å². The molecule has 34 heavy (non-hydrogen) atoms. The van der Waals surface area contributed by atoms with Gasteiger partial charge in [-0.25, -0.2) is 0 Å². The van der Waals surface area contributed by atoms with Gasteiger partial charge in [0.05, 0.1) is 6.10 Å². The van der Waals surface area contributed by atoms with Crippen LogP contribution in [-0.2, 0) is 27.2 Å². The number of Topliss-reactive ketones (excluding diaryl/α,β-unsaturated/α-hetero) is 1. The maximum Gasteiger partial charge on any atom is 0.161 e. The van der Waals surface area contributed by atoms with Crippen LogP contribution in [0, 0.1) is 0 Å². The van der Waals surface area contributed by atoms with Crippen LogP contribution < -0.4 is 0 Å². The summed E-state index contributed by atoms with van der Waals surface area (Å²) in [4.78, 5) is 32.0. The number of carbonyl (C=O) groups excluding carboxylic acids is 3. The summed E-state index contributed by atoms with van der Waals surface area (Å²) in [5.41, 5.74) is 3.07. The van der Waals surface area contributed by atoms with Crippen molar-refractivity contribution >= 4 is 17.9 Å². The van der Waals surface area contributed by atoms with Crippen molar-refractivity contribution in [3.8, 4) is 0 Å². The summed E-state index contributed by atoms with van der Waals surface area (Å²) < 4.78 is 0. The Labute approximate surface area is 203 Å². The average Bonchev–Trinajstić information content (AvgIpc) is 2.89. The summed E-state index contributed by atoms with van der Waals surface area (Å²) in [6.07, 6.45) is 14.1. The highest BCUT2D eigenvalue weighted by atomic mass is 16.3. The molecule has 2 aliphatic carbocycles. The van der Waals surface area contributed by atoms with Crippen molar-refractivity contribution in [3.63, 3.8) is 0 Å². The number of rotatable bonds is 7. The van der Waals surface area contributed by atoms with Crippen molar-refractivity contribution in [1.82, 2.24) is 0 Å². The number of aldehydes is 1. The van der Waals surface area contributed by atoms with E-state index in [1.54, 1.807) is 6.08 Å². The van der Waals surface area contributed by atoms with Gasteiger partial charge in [-0.15, -0.1) is 0 Å². The average molecular weight is 461 g/mol. The van der Waals surface area contributed by atoms with Crippen molar-refractivity contribution in [3.05, 3.63) is 95.6 Å². The molecule has 4 rings (SSSR count). The largest absolute Gasteiger partial charge is 0.388 e. The molecule has 1 N–H and O–H groups in total. The van der Waals surface area contributed by atoms with E-state index in [1.807, 2.05) is 72.8 Å². The van der Waals surface area contributed by atoms with Crippen LogP contribution in [-0.4, -0.2) is 29.1 Å². The Kier molecular flexibility index (Phi) is 13.2. The standard InChI is InChI=1S/C15H18O2.C9H10O.C6H8O/c16-14-9-5-4-8-13(14)15(17)11-10-12-6-2-1-3-7-12;10-8-4-7-9-5-2-1-3-6-9;7-6-4-2-1-3-5-6/h1-3,6-8,15,17H,4-5,9-11H2;1-3,5-6,8H,4,7H2;2,4H,1,3,5H2/t15-;;/m1../s1. The fourth-order valence-electron chi connectivity index (χ4n) is 3.77. The lowest BCUT2D eigenvalue weighted by atomic mass is 9.91. The molecule has 0 aromatic heterocycles. The second-order valence-corrected chi connectivity index (χ2v) is 8.47. The van der Waals surface area contributed by atoms with E-state index in [0.717, 1.165) is 51.2 Å². The molecule has 1 atom stereocenters. The van der Waals surface area contributed by atoms with Gasteiger partial charge in [0.25, 0.3) is 0 Å². The van der Waals surface area contributed by atoms with Crippen LogP contribution >= 0.6 is 0 Å². The molecule has 4 heteroatoms. The fourth-order valence-corrected chi connectivity index (χ4v) is 3.77. The molecule has 0 saturated carbocycles. The molecular formula is C30H36O4. The maximum atomic E-state index is 11.6. The van der Waals surface area contributed by atoms with Crippen molar-refractivity contribution in [2.24, 2.45) is 0 Å². The van der Waals surface area contributed by atoms with Gasteiger partial charge in [-0.3, -0.25) is 9.59 Å². The summed E-state index contributed by atoms with van der Waals surface area (Å²) in [5, 5.41) is 10.0. The molecule has 0 amide bonds. The lowest BCUT2D eigenvalue weighted by Crippen LogP contribution is -2.21. The fraction of sp³-hybridized carbons (Fsp3) is 0.367. The number of allylic oxidation sites excluding steroid dienone is 3. The molecule has 2 aromatic rings. The molecule has 2 aliphatic rings. The first-order chi connectivity index (χ1) is 16.6. The van der Waals surface area contributed by atoms with E-state index in [2.05, 4.69) is 0 Å². The van der Waals surface area contributed by atoms with Gasteiger partial charge in [0.15, 0.2) is 11.6 Å². The number of aliphatic hydroxyl groups is 1. The van der Waals surface area contributed by atoms with E-state index in [1.165, 1.54) is 11.1 Å². The third-order valence-electron chi connectivity index (χ3n) is 5.69. The molecule has 0 heterocycles.